The van der Waals surface area contributed by atoms with Gasteiger partial charge in [0.1, 0.15) is 11.6 Å². The molecule has 5 N–H and O–H groups in total. The number of halogens is 1. The van der Waals surface area contributed by atoms with E-state index >= 15 is 0 Å². The minimum Gasteiger partial charge on any atom is -0.385 e. The molecular weight excluding hydrogens is 295 g/mol. The van der Waals surface area contributed by atoms with E-state index in [9.17, 15) is 0 Å². The van der Waals surface area contributed by atoms with E-state index in [0.717, 1.165) is 11.1 Å². The zero-order valence-corrected chi connectivity index (χ0v) is 14.6. The molecule has 2 aromatic rings. The van der Waals surface area contributed by atoms with Crippen molar-refractivity contribution in [1.82, 2.24) is 9.97 Å². The van der Waals surface area contributed by atoms with E-state index in [1.807, 2.05) is 24.3 Å². The Morgan fingerprint density at radius 2 is 1.83 bits per heavy atom. The topological polar surface area (TPSA) is 80.7 Å². The third-order valence-electron chi connectivity index (χ3n) is 2.39. The molecule has 0 aliphatic carbocycles. The largest absolute Gasteiger partial charge is 1.00 e. The van der Waals surface area contributed by atoms with Crippen molar-refractivity contribution in [3.05, 3.63) is 45.2 Å². The van der Waals surface area contributed by atoms with Gasteiger partial charge in [-0.1, -0.05) is 23.7 Å². The second-order valence-corrected chi connectivity index (χ2v) is 4.45. The monoisotopic (exact) mass is 305 g/mol. The third kappa shape index (κ3) is 4.02. The summed E-state index contributed by atoms with van der Waals surface area (Å²) in [6.07, 6.45) is 0.591. The van der Waals surface area contributed by atoms with E-state index in [4.69, 9.17) is 35.3 Å². The summed E-state index contributed by atoms with van der Waals surface area (Å²) in [6.45, 7) is 0. The van der Waals surface area contributed by atoms with Gasteiger partial charge in [-0.2, -0.15) is 0 Å². The Labute approximate surface area is 158 Å². The molecule has 0 fully saturated rings. The summed E-state index contributed by atoms with van der Waals surface area (Å²) in [5, 5.41) is 0.695. The maximum absolute atomic E-state index is 5.83. The number of H-pyrrole nitrogens is 1. The minimum absolute atomic E-state index is 0. The van der Waals surface area contributed by atoms with Gasteiger partial charge in [-0.25, -0.2) is 4.98 Å². The van der Waals surface area contributed by atoms with Gasteiger partial charge in [-0.05, 0) is 29.9 Å². The molecule has 0 radical (unpaired) electrons. The molecule has 2 rings (SSSR count). The number of anilines is 2. The standard InChI is InChI=1S/C11H11ClN4S.K/c12-7-3-1-6(2-4-7)5-8-9(13)15-11(17)16-10(8)14;/h1-4H,5H2,(H5,13,14,15,16,17);/q;+1. The van der Waals surface area contributed by atoms with Crippen molar-refractivity contribution in [1.29, 1.82) is 0 Å². The Bertz CT molecular complexity index is 571. The van der Waals surface area contributed by atoms with Crippen LogP contribution in [0.2, 0.25) is 5.02 Å². The average molecular weight is 306 g/mol. The number of nitrogens with one attached hydrogen (secondary N) is 1. The van der Waals surface area contributed by atoms with Gasteiger partial charge in [-0.15, -0.1) is 0 Å². The summed E-state index contributed by atoms with van der Waals surface area (Å²) >= 11 is 10.7. The fourth-order valence-corrected chi connectivity index (χ4v) is 1.86. The molecule has 7 heteroatoms. The van der Waals surface area contributed by atoms with Crippen LogP contribution < -0.4 is 62.9 Å². The summed E-state index contributed by atoms with van der Waals surface area (Å²) in [4.78, 5) is 6.77. The first-order chi connectivity index (χ1) is 8.06. The molecule has 1 heterocycles. The molecule has 4 nitrogen and oxygen atoms in total. The molecule has 0 bridgehead atoms. The zero-order valence-electron chi connectivity index (χ0n) is 9.90. The van der Waals surface area contributed by atoms with E-state index < -0.39 is 0 Å². The second kappa shape index (κ2) is 7.00. The van der Waals surface area contributed by atoms with Gasteiger partial charge in [0.2, 0.25) is 0 Å². The van der Waals surface area contributed by atoms with Gasteiger partial charge in [0, 0.05) is 17.0 Å². The fraction of sp³-hybridized carbons (Fsp3) is 0.0909. The Morgan fingerprint density at radius 1 is 1.22 bits per heavy atom. The van der Waals surface area contributed by atoms with Gasteiger partial charge in [-0.3, -0.25) is 0 Å². The number of hydrogen-bond donors (Lipinski definition) is 3. The summed E-state index contributed by atoms with van der Waals surface area (Å²) in [7, 11) is 0. The maximum atomic E-state index is 5.83. The van der Waals surface area contributed by atoms with Crippen LogP contribution in [-0.2, 0) is 6.42 Å². The van der Waals surface area contributed by atoms with Crippen molar-refractivity contribution in [2.24, 2.45) is 0 Å². The summed E-state index contributed by atoms with van der Waals surface area (Å²) in [5.41, 5.74) is 13.4. The van der Waals surface area contributed by atoms with Gasteiger partial charge in [0.15, 0.2) is 4.77 Å². The first kappa shape index (κ1) is 16.1. The predicted octanol–water partition coefficient (Wildman–Crippen LogP) is -0.448. The Balaban J connectivity index is 0.00000162. The predicted molar refractivity (Wildman–Crippen MR) is 72.5 cm³/mol. The van der Waals surface area contributed by atoms with Crippen molar-refractivity contribution >= 4 is 35.5 Å². The van der Waals surface area contributed by atoms with Crippen molar-refractivity contribution in [3.63, 3.8) is 0 Å². The number of benzene rings is 1. The van der Waals surface area contributed by atoms with E-state index in [2.05, 4.69) is 9.97 Å². The molecule has 0 amide bonds. The quantitative estimate of drug-likeness (QED) is 0.519. The van der Waals surface area contributed by atoms with Crippen LogP contribution in [0.5, 0.6) is 0 Å². The molecule has 1 aromatic carbocycles. The third-order valence-corrected chi connectivity index (χ3v) is 2.84. The number of aromatic nitrogens is 2. The molecular formula is C11H11ClKN4S+. The molecule has 0 saturated carbocycles. The van der Waals surface area contributed by atoms with Crippen molar-refractivity contribution in [2.75, 3.05) is 11.5 Å². The zero-order chi connectivity index (χ0) is 12.4. The first-order valence-corrected chi connectivity index (χ1v) is 5.73. The normalized spacial score (nSPS) is 9.83. The van der Waals surface area contributed by atoms with Crippen LogP contribution in [0.25, 0.3) is 0 Å². The molecule has 0 aliphatic rings. The van der Waals surface area contributed by atoms with Gasteiger partial charge in [0.25, 0.3) is 0 Å². The maximum Gasteiger partial charge on any atom is 1.00 e. The number of nitrogen functional groups attached to an aromatic ring is 2. The smallest absolute Gasteiger partial charge is 0.385 e. The van der Waals surface area contributed by atoms with Crippen molar-refractivity contribution < 1.29 is 51.4 Å². The molecule has 0 aliphatic heterocycles. The van der Waals surface area contributed by atoms with Crippen LogP contribution in [0.4, 0.5) is 11.6 Å². The van der Waals surface area contributed by atoms with Gasteiger partial charge >= 0.3 is 51.4 Å². The van der Waals surface area contributed by atoms with E-state index in [1.165, 1.54) is 0 Å². The Morgan fingerprint density at radius 3 is 2.39 bits per heavy atom. The summed E-state index contributed by atoms with van der Waals surface area (Å²) < 4.78 is 0.292. The molecule has 1 aromatic heterocycles. The Kier molecular flexibility index (Phi) is 6.26. The van der Waals surface area contributed by atoms with Crippen LogP contribution in [-0.4, -0.2) is 9.97 Å². The van der Waals surface area contributed by atoms with E-state index in [-0.39, 0.29) is 51.4 Å². The van der Waals surface area contributed by atoms with Gasteiger partial charge in [0.05, 0.1) is 0 Å². The minimum atomic E-state index is 0. The van der Waals surface area contributed by atoms with Crippen LogP contribution in [0.15, 0.2) is 24.3 Å². The number of nitrogens with two attached hydrogens (primary N) is 2. The number of nitrogens with zero attached hydrogens (tertiary/aromatic N) is 1. The number of hydrogen-bond acceptors (Lipinski definition) is 4. The van der Waals surface area contributed by atoms with Crippen LogP contribution in [0.3, 0.4) is 0 Å². The number of aromatic amines is 1. The summed E-state index contributed by atoms with van der Waals surface area (Å²) in [6, 6.07) is 7.48. The second-order valence-electron chi connectivity index (χ2n) is 3.62. The van der Waals surface area contributed by atoms with Crippen molar-refractivity contribution in [3.8, 4) is 0 Å². The molecule has 0 atom stereocenters. The van der Waals surface area contributed by atoms with Gasteiger partial charge < -0.3 is 16.5 Å². The Hall–Kier alpha value is 0.0464. The molecule has 0 unspecified atom stereocenters. The van der Waals surface area contributed by atoms with Crippen LogP contribution >= 0.6 is 23.8 Å². The van der Waals surface area contributed by atoms with Crippen molar-refractivity contribution in [2.45, 2.75) is 6.42 Å². The van der Waals surface area contributed by atoms with Crippen LogP contribution in [0, 0.1) is 4.77 Å². The molecule has 88 valence electrons. The molecule has 0 spiro atoms. The average Bonchev–Trinajstić information content (AvgIpc) is 2.26. The fourth-order valence-electron chi connectivity index (χ4n) is 1.53. The van der Waals surface area contributed by atoms with E-state index in [1.54, 1.807) is 0 Å². The summed E-state index contributed by atoms with van der Waals surface area (Å²) in [5.74, 6) is 0.818. The molecule has 18 heavy (non-hydrogen) atoms. The first-order valence-electron chi connectivity index (χ1n) is 4.95. The number of rotatable bonds is 2. The molecule has 0 saturated heterocycles. The van der Waals surface area contributed by atoms with Crippen LogP contribution in [0.1, 0.15) is 11.1 Å². The SMILES string of the molecule is Nc1nc(=S)[nH]c(N)c1Cc1ccc(Cl)cc1.[K+]. The van der Waals surface area contributed by atoms with E-state index in [0.29, 0.717) is 27.9 Å².